The zero-order valence-corrected chi connectivity index (χ0v) is 22.7. The Hall–Kier alpha value is -4.44. The molecule has 2 aliphatic rings. The molecule has 0 unspecified atom stereocenters. The fourth-order valence-electron chi connectivity index (χ4n) is 6.17. The van der Waals surface area contributed by atoms with Gasteiger partial charge in [0.1, 0.15) is 5.39 Å². The van der Waals surface area contributed by atoms with Gasteiger partial charge in [-0.15, -0.1) is 6.58 Å². The Balaban J connectivity index is 1.34. The predicted molar refractivity (Wildman–Crippen MR) is 155 cm³/mol. The van der Waals surface area contributed by atoms with E-state index in [4.69, 9.17) is 9.40 Å². The second kappa shape index (κ2) is 9.06. The van der Waals surface area contributed by atoms with Gasteiger partial charge in [0.05, 0.1) is 17.7 Å². The van der Waals surface area contributed by atoms with E-state index in [1.54, 1.807) is 32.3 Å². The Morgan fingerprint density at radius 3 is 2.80 bits per heavy atom. The number of anilines is 2. The number of fused-ring (bicyclic) bond motifs is 4. The maximum atomic E-state index is 13.4. The number of hydrogen-bond donors (Lipinski definition) is 1. The van der Waals surface area contributed by atoms with E-state index in [9.17, 15) is 9.59 Å². The highest BCUT2D eigenvalue weighted by molar-refractivity contribution is 5.80. The van der Waals surface area contributed by atoms with Gasteiger partial charge in [0.25, 0.3) is 5.56 Å². The molecule has 2 aromatic carbocycles. The highest BCUT2D eigenvalue weighted by Gasteiger charge is 2.50. The normalized spacial score (nSPS) is 16.1. The quantitative estimate of drug-likeness (QED) is 0.309. The molecule has 4 heterocycles. The van der Waals surface area contributed by atoms with Crippen LogP contribution >= 0.6 is 0 Å². The van der Waals surface area contributed by atoms with Gasteiger partial charge < -0.3 is 9.73 Å². The van der Waals surface area contributed by atoms with E-state index >= 15 is 0 Å². The molecule has 7 rings (SSSR count). The molecular weight excluding hydrogens is 506 g/mol. The Morgan fingerprint density at radius 1 is 1.18 bits per heavy atom. The number of oxazole rings is 1. The summed E-state index contributed by atoms with van der Waals surface area (Å²) in [6.07, 6.45) is 7.43. The summed E-state index contributed by atoms with van der Waals surface area (Å²) in [7, 11) is 2.21. The van der Waals surface area contributed by atoms with E-state index in [0.717, 1.165) is 25.1 Å². The molecule has 0 bridgehead atoms. The number of aryl methyl sites for hydroxylation is 1. The molecule has 1 aliphatic carbocycles. The molecule has 40 heavy (non-hydrogen) atoms. The average Bonchev–Trinajstić information content (AvgIpc) is 3.63. The molecule has 204 valence electrons. The third kappa shape index (κ3) is 3.66. The highest BCUT2D eigenvalue weighted by Crippen LogP contribution is 2.53. The first kappa shape index (κ1) is 24.6. The van der Waals surface area contributed by atoms with E-state index in [1.807, 2.05) is 19.1 Å². The number of rotatable bonds is 7. The zero-order chi connectivity index (χ0) is 27.6. The Labute approximate surface area is 230 Å². The van der Waals surface area contributed by atoms with Gasteiger partial charge >= 0.3 is 5.76 Å². The first-order valence-corrected chi connectivity index (χ1v) is 13.8. The molecule has 3 aromatic heterocycles. The van der Waals surface area contributed by atoms with Crippen molar-refractivity contribution in [1.82, 2.24) is 28.8 Å². The molecular formula is C30H31N7O3. The molecule has 10 nitrogen and oxygen atoms in total. The number of nitrogens with zero attached hydrogens (tertiary/aromatic N) is 6. The molecule has 1 aliphatic heterocycles. The second-order valence-electron chi connectivity index (χ2n) is 10.8. The third-order valence-corrected chi connectivity index (χ3v) is 8.36. The number of likely N-dealkylation sites (N-methyl/N-ethyl adjacent to an activating group) is 1. The van der Waals surface area contributed by atoms with E-state index in [1.165, 1.54) is 24.0 Å². The van der Waals surface area contributed by atoms with Crippen LogP contribution in [0.3, 0.4) is 0 Å². The van der Waals surface area contributed by atoms with Crippen molar-refractivity contribution in [2.24, 2.45) is 0 Å². The number of hydrogen-bond acceptors (Lipinski definition) is 7. The van der Waals surface area contributed by atoms with Gasteiger partial charge in [-0.2, -0.15) is 4.98 Å². The smallest absolute Gasteiger partial charge is 0.408 e. The summed E-state index contributed by atoms with van der Waals surface area (Å²) in [5.41, 5.74) is 5.97. The standard InChI is InChI=1S/C30H31N7O3/c1-4-13-35-24-17-21(8-9-25(24)40-29(35)39)37-26-22(27(38)36(37)14-5-2)18-31-28(33-26)32-20-7-6-19-10-15-34(3)30(11-12-30)23(19)16-20/h5-9,16-18H,2,4,10-15H2,1,3H3,(H,31,32,33). The number of benzene rings is 2. The lowest BCUT2D eigenvalue weighted by molar-refractivity contribution is 0.208. The second-order valence-corrected chi connectivity index (χ2v) is 10.8. The maximum Gasteiger partial charge on any atom is 0.419 e. The first-order chi connectivity index (χ1) is 19.4. The van der Waals surface area contributed by atoms with E-state index in [-0.39, 0.29) is 17.6 Å². The topological polar surface area (TPSA) is 103 Å². The van der Waals surface area contributed by atoms with Crippen LogP contribution in [0.1, 0.15) is 37.3 Å². The van der Waals surface area contributed by atoms with Crippen LogP contribution < -0.4 is 16.6 Å². The van der Waals surface area contributed by atoms with Gasteiger partial charge in [-0.3, -0.25) is 14.3 Å². The summed E-state index contributed by atoms with van der Waals surface area (Å²) < 4.78 is 10.4. The van der Waals surface area contributed by atoms with Gasteiger partial charge in [-0.05, 0) is 74.2 Å². The summed E-state index contributed by atoms with van der Waals surface area (Å²) >= 11 is 0. The van der Waals surface area contributed by atoms with Crippen molar-refractivity contribution in [3.05, 3.63) is 87.3 Å². The van der Waals surface area contributed by atoms with Gasteiger partial charge in [-0.25, -0.2) is 19.1 Å². The van der Waals surface area contributed by atoms with Gasteiger partial charge in [0.15, 0.2) is 11.2 Å². The zero-order valence-electron chi connectivity index (χ0n) is 22.7. The van der Waals surface area contributed by atoms with Crippen LogP contribution in [0.2, 0.25) is 0 Å². The van der Waals surface area contributed by atoms with Crippen LogP contribution in [0.25, 0.3) is 27.8 Å². The fraction of sp³-hybridized carbons (Fsp3) is 0.333. The minimum absolute atomic E-state index is 0.156. The van der Waals surface area contributed by atoms with Gasteiger partial charge in [0.2, 0.25) is 5.95 Å². The summed E-state index contributed by atoms with van der Waals surface area (Å²) in [5, 5.41) is 3.78. The molecule has 0 amide bonds. The summed E-state index contributed by atoms with van der Waals surface area (Å²) in [6.45, 7) is 7.75. The molecule has 1 fully saturated rings. The summed E-state index contributed by atoms with van der Waals surface area (Å²) in [6, 6.07) is 11.9. The maximum absolute atomic E-state index is 13.4. The van der Waals surface area contributed by atoms with Crippen molar-refractivity contribution in [2.45, 2.75) is 51.2 Å². The lowest BCUT2D eigenvalue weighted by atomic mass is 9.90. The Bertz CT molecular complexity index is 1920. The minimum Gasteiger partial charge on any atom is -0.408 e. The summed E-state index contributed by atoms with van der Waals surface area (Å²) in [5.74, 6) is 0.00567. The van der Waals surface area contributed by atoms with Gasteiger partial charge in [-0.1, -0.05) is 19.1 Å². The van der Waals surface area contributed by atoms with Crippen molar-refractivity contribution < 1.29 is 4.42 Å². The van der Waals surface area contributed by atoms with Crippen LogP contribution in [0.15, 0.2) is 69.3 Å². The average molecular weight is 538 g/mol. The fourth-order valence-corrected chi connectivity index (χ4v) is 6.17. The van der Waals surface area contributed by atoms with E-state index < -0.39 is 5.76 Å². The van der Waals surface area contributed by atoms with Crippen molar-refractivity contribution >= 4 is 33.8 Å². The van der Waals surface area contributed by atoms with Crippen LogP contribution in [0, 0.1) is 0 Å². The lowest BCUT2D eigenvalue weighted by Crippen LogP contribution is -2.38. The SMILES string of the molecule is C=CCn1c(=O)c2cnc(Nc3ccc4c(c3)C3(CC3)N(C)CC4)nc2n1-c1ccc2oc(=O)n(CCC)c2c1. The van der Waals surface area contributed by atoms with Crippen LogP contribution in [0.5, 0.6) is 0 Å². The van der Waals surface area contributed by atoms with Crippen molar-refractivity contribution in [3.8, 4) is 5.69 Å². The monoisotopic (exact) mass is 537 g/mol. The number of allylic oxidation sites excluding steroid dienone is 1. The largest absolute Gasteiger partial charge is 0.419 e. The van der Waals surface area contributed by atoms with Gasteiger partial charge in [0, 0.05) is 30.5 Å². The van der Waals surface area contributed by atoms with Crippen LogP contribution in [-0.4, -0.2) is 42.4 Å². The molecule has 10 heteroatoms. The molecule has 0 atom stereocenters. The highest BCUT2D eigenvalue weighted by atomic mass is 16.4. The van der Waals surface area contributed by atoms with Crippen molar-refractivity contribution in [2.75, 3.05) is 18.9 Å². The third-order valence-electron chi connectivity index (χ3n) is 8.36. The van der Waals surface area contributed by atoms with Crippen molar-refractivity contribution in [1.29, 1.82) is 0 Å². The molecule has 5 aromatic rings. The Kier molecular flexibility index (Phi) is 5.57. The Morgan fingerprint density at radius 2 is 2.02 bits per heavy atom. The predicted octanol–water partition coefficient (Wildman–Crippen LogP) is 4.31. The number of aromatic nitrogens is 5. The molecule has 1 spiro atoms. The van der Waals surface area contributed by atoms with Crippen LogP contribution in [-0.2, 0) is 25.0 Å². The lowest BCUT2D eigenvalue weighted by Gasteiger charge is -2.35. The van der Waals surface area contributed by atoms with E-state index in [0.29, 0.717) is 40.3 Å². The van der Waals surface area contributed by atoms with Crippen LogP contribution in [0.4, 0.5) is 11.6 Å². The number of nitrogens with one attached hydrogen (secondary N) is 1. The van der Waals surface area contributed by atoms with Crippen molar-refractivity contribution in [3.63, 3.8) is 0 Å². The van der Waals surface area contributed by atoms with E-state index in [2.05, 4.69) is 47.0 Å². The minimum atomic E-state index is -0.395. The molecule has 1 saturated carbocycles. The first-order valence-electron chi connectivity index (χ1n) is 13.8. The molecule has 0 saturated heterocycles. The summed E-state index contributed by atoms with van der Waals surface area (Å²) in [4.78, 5) is 37.6. The molecule has 0 radical (unpaired) electrons. The molecule has 1 N–H and O–H groups in total.